The molecule has 0 spiro atoms. The first-order valence-corrected chi connectivity index (χ1v) is 17.8. The molecule has 52 heavy (non-hydrogen) atoms. The van der Waals surface area contributed by atoms with Crippen LogP contribution in [0.2, 0.25) is 5.02 Å². The quantitative estimate of drug-likeness (QED) is 0.270. The van der Waals surface area contributed by atoms with Crippen LogP contribution in [0, 0.1) is 23.0 Å². The molecule has 1 unspecified atom stereocenters. The Hall–Kier alpha value is -4.37. The molecule has 3 atom stereocenters. The molecule has 18 heteroatoms. The molecule has 2 aromatic carbocycles. The SMILES string of the molecule is N#Cc1c(NC(=O)O)sc2c(F)ccc(-c3c(F)c4c5c(c3Cl)=NCN(C3CCCO3)C=5N(CC(F)F)C=C(OC[C@@]35CCCN3C[C@H](F)C5)O4)c12. The number of nitrogens with zero attached hydrogens (tertiary/aromatic N) is 5. The van der Waals surface area contributed by atoms with Gasteiger partial charge in [0.15, 0.2) is 11.6 Å². The van der Waals surface area contributed by atoms with Crippen molar-refractivity contribution in [2.45, 2.75) is 56.5 Å². The maximum atomic E-state index is 17.4. The minimum Gasteiger partial charge on any atom is -0.465 e. The molecular weight excluding hydrogens is 735 g/mol. The molecule has 3 fully saturated rings. The van der Waals surface area contributed by atoms with Gasteiger partial charge in [0, 0.05) is 30.5 Å². The third-order valence-electron chi connectivity index (χ3n) is 10.1. The van der Waals surface area contributed by atoms with E-state index in [1.165, 1.54) is 17.2 Å². The van der Waals surface area contributed by atoms with Crippen molar-refractivity contribution < 1.29 is 46.1 Å². The molecule has 1 amide bonds. The summed E-state index contributed by atoms with van der Waals surface area (Å²) in [5, 5.41) is 20.9. The number of ether oxygens (including phenoxy) is 3. The standard InChI is InChI=1S/C34H30ClF5N6O5S/c35-26-24(17-4-5-19(37)30-23(17)18(10-41)31(52-30)43-33(47)48)27(40)29-25-28(26)42-15-46(21-3-1-8-49-21)32(25)44(12-20(38)39)13-22(51-29)50-14-34-6-2-7-45(34)11-16(36)9-34/h4-5,13,16,20-21,43H,1-3,6-9,11-12,14-15H2,(H,47,48)/t16-,21?,34+/m1/s1. The maximum absolute atomic E-state index is 17.4. The van der Waals surface area contributed by atoms with Gasteiger partial charge in [-0.1, -0.05) is 17.7 Å². The fraction of sp³-hybridized carbons (Fsp3) is 0.441. The van der Waals surface area contributed by atoms with Crippen LogP contribution in [0.25, 0.3) is 27.0 Å². The number of hydrogen-bond acceptors (Lipinski definition) is 10. The highest BCUT2D eigenvalue weighted by atomic mass is 35.5. The second-order valence-corrected chi connectivity index (χ2v) is 14.6. The number of hydrogen-bond donors (Lipinski definition) is 2. The van der Waals surface area contributed by atoms with Crippen molar-refractivity contribution in [1.29, 1.82) is 5.26 Å². The molecule has 8 rings (SSSR count). The van der Waals surface area contributed by atoms with E-state index in [-0.39, 0.29) is 85.4 Å². The number of halogens is 6. The van der Waals surface area contributed by atoms with E-state index in [4.69, 9.17) is 25.8 Å². The van der Waals surface area contributed by atoms with Crippen LogP contribution in [-0.2, 0) is 9.47 Å². The molecule has 0 bridgehead atoms. The van der Waals surface area contributed by atoms with E-state index in [2.05, 4.69) is 10.3 Å². The van der Waals surface area contributed by atoms with Crippen LogP contribution in [0.5, 0.6) is 5.75 Å². The summed E-state index contributed by atoms with van der Waals surface area (Å²) in [6, 6.07) is 4.13. The number of benzene rings is 2. The lowest BCUT2D eigenvalue weighted by molar-refractivity contribution is 0.00119. The Kier molecular flexibility index (Phi) is 8.84. The number of nitrogens with one attached hydrogen (secondary N) is 1. The van der Waals surface area contributed by atoms with E-state index < -0.39 is 54.4 Å². The average molecular weight is 765 g/mol. The monoisotopic (exact) mass is 764 g/mol. The van der Waals surface area contributed by atoms with E-state index in [0.29, 0.717) is 43.8 Å². The summed E-state index contributed by atoms with van der Waals surface area (Å²) < 4.78 is 94.1. The molecule has 2 N–H and O–H groups in total. The number of alkyl halides is 3. The third kappa shape index (κ3) is 5.67. The predicted molar refractivity (Wildman–Crippen MR) is 179 cm³/mol. The van der Waals surface area contributed by atoms with Gasteiger partial charge in [0.2, 0.25) is 0 Å². The van der Waals surface area contributed by atoms with E-state index in [1.807, 2.05) is 11.0 Å². The predicted octanol–water partition coefficient (Wildman–Crippen LogP) is 5.91. The molecule has 0 saturated carbocycles. The van der Waals surface area contributed by atoms with Crippen molar-refractivity contribution in [2.75, 3.05) is 44.8 Å². The van der Waals surface area contributed by atoms with Gasteiger partial charge in [0.25, 0.3) is 6.43 Å². The number of rotatable bonds is 8. The van der Waals surface area contributed by atoms with Crippen LogP contribution in [0.1, 0.15) is 37.7 Å². The topological polar surface area (TPSA) is 123 Å². The van der Waals surface area contributed by atoms with Crippen LogP contribution in [0.4, 0.5) is 31.7 Å². The maximum Gasteiger partial charge on any atom is 0.409 e. The van der Waals surface area contributed by atoms with Crippen LogP contribution in [0.3, 0.4) is 0 Å². The summed E-state index contributed by atoms with van der Waals surface area (Å²) in [4.78, 5) is 21.0. The average Bonchev–Trinajstić information content (AvgIpc) is 3.87. The second-order valence-electron chi connectivity index (χ2n) is 13.2. The van der Waals surface area contributed by atoms with Crippen molar-refractivity contribution in [1.82, 2.24) is 14.7 Å². The molecule has 3 aromatic rings. The molecule has 1 aromatic heterocycles. The van der Waals surface area contributed by atoms with Gasteiger partial charge >= 0.3 is 12.0 Å². The number of fused-ring (bicyclic) bond motifs is 2. The number of anilines is 1. The lowest BCUT2D eigenvalue weighted by Gasteiger charge is -2.37. The van der Waals surface area contributed by atoms with E-state index in [1.54, 1.807) is 4.90 Å². The summed E-state index contributed by atoms with van der Waals surface area (Å²) in [7, 11) is 0. The minimum absolute atomic E-state index is 0.0158. The Morgan fingerprint density at radius 3 is 2.87 bits per heavy atom. The Labute approximate surface area is 301 Å². The number of carboxylic acid groups (broad SMARTS) is 1. The van der Waals surface area contributed by atoms with Crippen LogP contribution in [0.15, 0.2) is 29.3 Å². The first-order chi connectivity index (χ1) is 25.0. The number of nitriles is 1. The molecule has 274 valence electrons. The van der Waals surface area contributed by atoms with Gasteiger partial charge in [-0.15, -0.1) is 11.3 Å². The second kappa shape index (κ2) is 13.2. The highest BCUT2D eigenvalue weighted by molar-refractivity contribution is 7.23. The Morgan fingerprint density at radius 1 is 1.31 bits per heavy atom. The van der Waals surface area contributed by atoms with Gasteiger partial charge < -0.3 is 29.1 Å². The number of carbonyl (C=O) groups is 1. The summed E-state index contributed by atoms with van der Waals surface area (Å²) in [5.41, 5.74) is -1.33. The first kappa shape index (κ1) is 34.7. The van der Waals surface area contributed by atoms with Crippen LogP contribution >= 0.6 is 22.9 Å². The molecule has 6 heterocycles. The van der Waals surface area contributed by atoms with Gasteiger partial charge in [0.05, 0.1) is 44.1 Å². The minimum atomic E-state index is -2.87. The van der Waals surface area contributed by atoms with Gasteiger partial charge in [-0.2, -0.15) is 5.26 Å². The molecule has 0 aliphatic carbocycles. The Morgan fingerprint density at radius 2 is 2.13 bits per heavy atom. The summed E-state index contributed by atoms with van der Waals surface area (Å²) in [5.74, 6) is -2.61. The third-order valence-corrected chi connectivity index (χ3v) is 11.6. The van der Waals surface area contributed by atoms with E-state index in [9.17, 15) is 28.3 Å². The van der Waals surface area contributed by atoms with Gasteiger partial charge in [-0.3, -0.25) is 15.2 Å². The normalized spacial score (nSPS) is 24.0. The lowest BCUT2D eigenvalue weighted by atomic mass is 9.95. The smallest absolute Gasteiger partial charge is 0.409 e. The van der Waals surface area contributed by atoms with Crippen molar-refractivity contribution in [3.05, 3.63) is 57.1 Å². The van der Waals surface area contributed by atoms with Crippen LogP contribution < -0.4 is 20.6 Å². The van der Waals surface area contributed by atoms with E-state index in [0.717, 1.165) is 12.5 Å². The zero-order chi connectivity index (χ0) is 36.5. The number of amides is 1. The molecule has 3 saturated heterocycles. The molecule has 0 radical (unpaired) electrons. The molecular formula is C34H30ClF5N6O5S. The fourth-order valence-corrected chi connectivity index (χ4v) is 9.45. The first-order valence-electron chi connectivity index (χ1n) is 16.6. The highest BCUT2D eigenvalue weighted by Gasteiger charge is 2.50. The molecule has 5 aliphatic rings. The van der Waals surface area contributed by atoms with Crippen LogP contribution in [-0.4, -0.2) is 89.8 Å². The van der Waals surface area contributed by atoms with E-state index >= 15 is 8.78 Å². The van der Waals surface area contributed by atoms with Gasteiger partial charge in [0.1, 0.15) is 48.4 Å². The zero-order valence-electron chi connectivity index (χ0n) is 27.2. The lowest BCUT2D eigenvalue weighted by Crippen LogP contribution is -2.50. The summed E-state index contributed by atoms with van der Waals surface area (Å²) in [6.07, 6.45) is -1.93. The van der Waals surface area contributed by atoms with Crippen molar-refractivity contribution in [3.8, 4) is 22.9 Å². The largest absolute Gasteiger partial charge is 0.465 e. The highest BCUT2D eigenvalue weighted by Crippen LogP contribution is 2.46. The van der Waals surface area contributed by atoms with Crippen molar-refractivity contribution in [2.24, 2.45) is 4.99 Å². The number of thiophene rings is 1. The van der Waals surface area contributed by atoms with Gasteiger partial charge in [-0.25, -0.2) is 26.7 Å². The van der Waals surface area contributed by atoms with Gasteiger partial charge in [-0.05, 0) is 43.9 Å². The summed E-state index contributed by atoms with van der Waals surface area (Å²) in [6.45, 7) is 0.291. The van der Waals surface area contributed by atoms with Crippen molar-refractivity contribution >= 4 is 49.9 Å². The van der Waals surface area contributed by atoms with Crippen molar-refractivity contribution in [3.63, 3.8) is 0 Å². The Bertz CT molecular complexity index is 2190. The molecule has 11 nitrogen and oxygen atoms in total. The summed E-state index contributed by atoms with van der Waals surface area (Å²) >= 11 is 7.64. The zero-order valence-corrected chi connectivity index (χ0v) is 28.8. The Balaban J connectivity index is 1.35. The molecule has 5 aliphatic heterocycles. The fourth-order valence-electron chi connectivity index (χ4n) is 8.04.